The van der Waals surface area contributed by atoms with Gasteiger partial charge in [-0.05, 0) is 26.2 Å². The average Bonchev–Trinajstić information content (AvgIpc) is 3.24. The Morgan fingerprint density at radius 1 is 0.746 bits per heavy atom. The van der Waals surface area contributed by atoms with Gasteiger partial charge in [0, 0.05) is 44.6 Å². The van der Waals surface area contributed by atoms with Crippen molar-refractivity contribution in [1.82, 2.24) is 5.32 Å². The fraction of sp³-hybridized carbons (Fsp3) is 0.660. The summed E-state index contributed by atoms with van der Waals surface area (Å²) in [6, 6.07) is -1.12. The maximum absolute atomic E-state index is 13.6. The van der Waals surface area contributed by atoms with E-state index in [0.717, 1.165) is 0 Å². The molecule has 20 nitrogen and oxygen atoms in total. The van der Waals surface area contributed by atoms with Crippen molar-refractivity contribution in [3.8, 4) is 0 Å². The molecule has 2 saturated heterocycles. The molecule has 3 heterocycles. The molecule has 0 saturated carbocycles. The van der Waals surface area contributed by atoms with Crippen LogP contribution in [-0.2, 0) is 28.5 Å². The lowest BCUT2D eigenvalue weighted by Crippen LogP contribution is -2.60. The van der Waals surface area contributed by atoms with E-state index < -0.39 is 141 Å². The number of nitrogens with one attached hydrogen (secondary N) is 1. The predicted octanol–water partition coefficient (Wildman–Crippen LogP) is -1.65. The first-order valence-electron chi connectivity index (χ1n) is 22.9. The lowest BCUT2D eigenvalue weighted by Gasteiger charge is -2.46. The number of rotatable bonds is 5. The van der Waals surface area contributed by atoms with Crippen molar-refractivity contribution in [2.75, 3.05) is 13.2 Å². The molecule has 3 aliphatic rings. The Morgan fingerprint density at radius 2 is 1.34 bits per heavy atom. The Balaban J connectivity index is 1.90. The van der Waals surface area contributed by atoms with Gasteiger partial charge >= 0.3 is 5.97 Å². The van der Waals surface area contributed by atoms with Gasteiger partial charge in [0.15, 0.2) is 12.1 Å². The molecule has 17 N–H and O–H groups in total. The molecule has 0 spiro atoms. The van der Waals surface area contributed by atoms with Gasteiger partial charge in [0.05, 0.1) is 92.2 Å². The zero-order chi connectivity index (χ0) is 49.7. The standard InChI is InChI=1S/C47H76N4O16/c1-28-15-13-11-9-7-5-3-4-6-8-10-12-14-16-33(66-46-44(61)43(50)38(59)27-64-46)23-39-42(45(62)51-40(49)26-48)37(58)25-47(63,67-39)24-32(54)21-36(57)34(55)18-17-30(52)20-31(53)22-41(60)65-29(2)19-35(28)56/h3-16,28-40,42-44,46,52-59,61,63H,17-27,48-50H2,1-2H3,(H,51,62)/b4-3+,7-5+,8-6+,11-9+,12-10+,15-13+,16-14+/t28-,29-,30?,31?,32?,33?,34?,35-,36?,37-,38+,39-,40+,42+,43-,44-,46-,47?/m0/s1. The molecule has 1 amide bonds. The molecular weight excluding hydrogens is 877 g/mol. The molecule has 0 aliphatic carbocycles. The molecule has 0 aromatic rings. The van der Waals surface area contributed by atoms with E-state index in [1.54, 1.807) is 73.8 Å². The van der Waals surface area contributed by atoms with Gasteiger partial charge in [-0.2, -0.15) is 0 Å². The smallest absolute Gasteiger partial charge is 0.308 e. The molecule has 3 rings (SSSR count). The summed E-state index contributed by atoms with van der Waals surface area (Å²) in [6.45, 7) is 3.04. The number of aliphatic hydroxyl groups is 10. The van der Waals surface area contributed by atoms with Crippen LogP contribution in [0.3, 0.4) is 0 Å². The number of amides is 1. The number of carbonyl (C=O) groups excluding carboxylic acids is 2. The summed E-state index contributed by atoms with van der Waals surface area (Å²) < 4.78 is 23.1. The molecule has 0 radical (unpaired) electrons. The van der Waals surface area contributed by atoms with Crippen LogP contribution in [0.5, 0.6) is 0 Å². The summed E-state index contributed by atoms with van der Waals surface area (Å²) >= 11 is 0. The topological polar surface area (TPSA) is 363 Å². The van der Waals surface area contributed by atoms with Crippen LogP contribution in [0.4, 0.5) is 0 Å². The summed E-state index contributed by atoms with van der Waals surface area (Å²) in [4.78, 5) is 26.1. The van der Waals surface area contributed by atoms with Crippen LogP contribution in [0.1, 0.15) is 71.6 Å². The highest BCUT2D eigenvalue weighted by atomic mass is 16.7. The molecular formula is C47H76N4O16. The van der Waals surface area contributed by atoms with Crippen LogP contribution in [-0.4, -0.2) is 174 Å². The van der Waals surface area contributed by atoms with Crippen LogP contribution in [0.25, 0.3) is 0 Å². The Labute approximate surface area is 392 Å². The third-order valence-corrected chi connectivity index (χ3v) is 11.7. The zero-order valence-electron chi connectivity index (χ0n) is 38.3. The highest BCUT2D eigenvalue weighted by molar-refractivity contribution is 5.80. The van der Waals surface area contributed by atoms with E-state index in [1.807, 2.05) is 25.2 Å². The van der Waals surface area contributed by atoms with Gasteiger partial charge < -0.3 is 92.5 Å². The number of esters is 1. The predicted molar refractivity (Wildman–Crippen MR) is 245 cm³/mol. The SMILES string of the molecule is C[C@H]1C[C@H](O)[C@@H](C)/C=C/C=C/C=C/C=C/C=C/C=C/C=C/C(O[C@@H]2OC[C@@H](O)[C@H](N)[C@@H]2O)C[C@@H]2OC(O)(CC(O)CC(O)C(O)CCC(O)CC(O)CC(=O)O1)C[C@H](O)[C@H]2C(=O)N[C@@H](N)CN. The van der Waals surface area contributed by atoms with Crippen molar-refractivity contribution in [2.45, 2.75) is 169 Å². The average molecular weight is 953 g/mol. The normalized spacial score (nSPS) is 42.7. The van der Waals surface area contributed by atoms with Crippen molar-refractivity contribution >= 4 is 11.9 Å². The first kappa shape index (κ1) is 57.8. The van der Waals surface area contributed by atoms with Crippen molar-refractivity contribution in [3.05, 3.63) is 85.1 Å². The van der Waals surface area contributed by atoms with Crippen LogP contribution in [0, 0.1) is 11.8 Å². The van der Waals surface area contributed by atoms with Gasteiger partial charge in [0.2, 0.25) is 5.91 Å². The molecule has 67 heavy (non-hydrogen) atoms. The number of aliphatic hydroxyl groups excluding tert-OH is 9. The summed E-state index contributed by atoms with van der Waals surface area (Å²) in [7, 11) is 0. The Kier molecular flexibility index (Phi) is 25.4. The number of ether oxygens (including phenoxy) is 4. The second-order valence-corrected chi connectivity index (χ2v) is 17.7. The van der Waals surface area contributed by atoms with Crippen LogP contribution in [0.15, 0.2) is 85.1 Å². The van der Waals surface area contributed by atoms with Crippen LogP contribution < -0.4 is 22.5 Å². The fourth-order valence-electron chi connectivity index (χ4n) is 7.85. The first-order chi connectivity index (χ1) is 31.7. The number of hydrogen-bond donors (Lipinski definition) is 14. The van der Waals surface area contributed by atoms with Crippen molar-refractivity contribution in [2.24, 2.45) is 29.0 Å². The van der Waals surface area contributed by atoms with Gasteiger partial charge in [-0.15, -0.1) is 0 Å². The number of fused-ring (bicyclic) bond motifs is 2. The van der Waals surface area contributed by atoms with Gasteiger partial charge in [0.25, 0.3) is 0 Å². The van der Waals surface area contributed by atoms with E-state index in [1.165, 1.54) is 0 Å². The number of hydrogen-bond acceptors (Lipinski definition) is 19. The molecule has 20 heteroatoms. The lowest BCUT2D eigenvalue weighted by atomic mass is 9.82. The number of cyclic esters (lactones) is 1. The Morgan fingerprint density at radius 3 is 1.96 bits per heavy atom. The van der Waals surface area contributed by atoms with E-state index >= 15 is 0 Å². The summed E-state index contributed by atoms with van der Waals surface area (Å²) in [6.07, 6.45) is 4.15. The summed E-state index contributed by atoms with van der Waals surface area (Å²) in [5.41, 5.74) is 17.5. The maximum atomic E-state index is 13.6. The number of nitrogens with two attached hydrogens (primary N) is 3. The van der Waals surface area contributed by atoms with Crippen LogP contribution in [0.2, 0.25) is 0 Å². The maximum Gasteiger partial charge on any atom is 0.308 e. The minimum Gasteiger partial charge on any atom is -0.462 e. The summed E-state index contributed by atoms with van der Waals surface area (Å²) in [5, 5.41) is 111. The lowest BCUT2D eigenvalue weighted by molar-refractivity contribution is -0.304. The highest BCUT2D eigenvalue weighted by Gasteiger charge is 2.50. The third kappa shape index (κ3) is 20.9. The van der Waals surface area contributed by atoms with E-state index in [9.17, 15) is 60.7 Å². The fourth-order valence-corrected chi connectivity index (χ4v) is 7.85. The largest absolute Gasteiger partial charge is 0.462 e. The zero-order valence-corrected chi connectivity index (χ0v) is 38.3. The van der Waals surface area contributed by atoms with Crippen molar-refractivity contribution in [3.63, 3.8) is 0 Å². The first-order valence-corrected chi connectivity index (χ1v) is 22.9. The second kappa shape index (κ2) is 29.5. The van der Waals surface area contributed by atoms with Gasteiger partial charge in [-0.1, -0.05) is 92.0 Å². The molecule has 0 aromatic heterocycles. The molecule has 2 fully saturated rings. The van der Waals surface area contributed by atoms with Crippen molar-refractivity contribution in [1.29, 1.82) is 0 Å². The summed E-state index contributed by atoms with van der Waals surface area (Å²) in [5.74, 6) is -5.43. The minimum atomic E-state index is -2.30. The Hall–Kier alpha value is -3.52. The van der Waals surface area contributed by atoms with E-state index in [2.05, 4.69) is 5.32 Å². The van der Waals surface area contributed by atoms with Crippen LogP contribution >= 0.6 is 0 Å². The van der Waals surface area contributed by atoms with E-state index in [4.69, 9.17) is 36.1 Å². The molecule has 18 atom stereocenters. The second-order valence-electron chi connectivity index (χ2n) is 17.7. The van der Waals surface area contributed by atoms with E-state index in [0.29, 0.717) is 0 Å². The van der Waals surface area contributed by atoms with Gasteiger partial charge in [0.1, 0.15) is 12.2 Å². The third-order valence-electron chi connectivity index (χ3n) is 11.7. The van der Waals surface area contributed by atoms with Gasteiger partial charge in [-0.25, -0.2) is 0 Å². The molecule has 7 unspecified atom stereocenters. The number of allylic oxidation sites excluding steroid dienone is 12. The molecule has 380 valence electrons. The molecule has 3 aliphatic heterocycles. The minimum absolute atomic E-state index is 0.102. The van der Waals surface area contributed by atoms with E-state index in [-0.39, 0.29) is 51.2 Å². The quantitative estimate of drug-likeness (QED) is 0.108. The monoisotopic (exact) mass is 953 g/mol. The number of carbonyl (C=O) groups is 2. The molecule has 0 aromatic carbocycles. The highest BCUT2D eigenvalue weighted by Crippen LogP contribution is 2.38. The van der Waals surface area contributed by atoms with Crippen molar-refractivity contribution < 1.29 is 79.6 Å². The Bertz CT molecular complexity index is 1700. The molecule has 2 bridgehead atoms. The van der Waals surface area contributed by atoms with Gasteiger partial charge in [-0.3, -0.25) is 9.59 Å².